The number of aromatic nitrogens is 4. The molecule has 5 heterocycles. The molecule has 3 aromatic rings. The van der Waals surface area contributed by atoms with E-state index in [1.165, 1.54) is 31.9 Å². The van der Waals surface area contributed by atoms with Crippen LogP contribution >= 0.6 is 11.6 Å². The Hall–Kier alpha value is -2.78. The summed E-state index contributed by atoms with van der Waals surface area (Å²) >= 11 is 6.31. The van der Waals surface area contributed by atoms with Gasteiger partial charge in [-0.05, 0) is 38.2 Å². The average molecular weight is 512 g/mol. The van der Waals surface area contributed by atoms with Crippen LogP contribution in [0.1, 0.15) is 48.3 Å². The minimum atomic E-state index is -0.671. The van der Waals surface area contributed by atoms with Gasteiger partial charge >= 0.3 is 0 Å². The Balaban J connectivity index is 1.04. The molecule has 6 rings (SSSR count). The van der Waals surface area contributed by atoms with E-state index in [-0.39, 0.29) is 17.6 Å². The van der Waals surface area contributed by atoms with Crippen molar-refractivity contribution in [2.45, 2.75) is 51.2 Å². The first-order chi connectivity index (χ1) is 17.4. The third-order valence-corrected chi connectivity index (χ3v) is 8.17. The van der Waals surface area contributed by atoms with Crippen LogP contribution in [0, 0.1) is 18.8 Å². The molecule has 2 atom stereocenters. The number of likely N-dealkylation sites (tertiary alicyclic amines) is 1. The molecule has 2 saturated heterocycles. The molecule has 0 radical (unpaired) electrons. The molecule has 8 nitrogen and oxygen atoms in total. The topological polar surface area (TPSA) is 78.7 Å². The Bertz CT molecular complexity index is 1250. The van der Waals surface area contributed by atoms with Gasteiger partial charge in [-0.1, -0.05) is 24.4 Å². The summed E-state index contributed by atoms with van der Waals surface area (Å²) in [6, 6.07) is 1.79. The minimum absolute atomic E-state index is 0.118. The number of aryl methyl sites for hydroxylation is 1. The van der Waals surface area contributed by atoms with E-state index >= 15 is 0 Å². The maximum absolute atomic E-state index is 14.6. The van der Waals surface area contributed by atoms with Crippen LogP contribution in [-0.2, 0) is 0 Å². The van der Waals surface area contributed by atoms with Gasteiger partial charge in [0.15, 0.2) is 5.65 Å². The monoisotopic (exact) mass is 511 g/mol. The van der Waals surface area contributed by atoms with Crippen LogP contribution in [-0.4, -0.2) is 68.6 Å². The molecule has 1 unspecified atom stereocenters. The van der Waals surface area contributed by atoms with Crippen LogP contribution < -0.4 is 10.2 Å². The van der Waals surface area contributed by atoms with E-state index in [1.54, 1.807) is 22.9 Å². The van der Waals surface area contributed by atoms with Crippen molar-refractivity contribution < 1.29 is 9.18 Å². The van der Waals surface area contributed by atoms with Gasteiger partial charge in [0.2, 0.25) is 0 Å². The number of nitrogens with one attached hydrogen (secondary N) is 1. The Morgan fingerprint density at radius 2 is 1.97 bits per heavy atom. The van der Waals surface area contributed by atoms with Crippen LogP contribution in [0.25, 0.3) is 5.65 Å². The number of imidazole rings is 1. The number of carbonyl (C=O) groups is 1. The Morgan fingerprint density at radius 1 is 1.17 bits per heavy atom. The summed E-state index contributed by atoms with van der Waals surface area (Å²) in [6.45, 7) is 5.48. The van der Waals surface area contributed by atoms with E-state index in [0.717, 1.165) is 37.7 Å². The number of carbonyl (C=O) groups excluding carboxylic acids is 1. The molecule has 36 heavy (non-hydrogen) atoms. The molecule has 0 bridgehead atoms. The molecule has 1 N–H and O–H groups in total. The zero-order valence-corrected chi connectivity index (χ0v) is 21.2. The van der Waals surface area contributed by atoms with Gasteiger partial charge in [-0.3, -0.25) is 9.69 Å². The van der Waals surface area contributed by atoms with Crippen molar-refractivity contribution in [3.8, 4) is 0 Å². The molecule has 0 aromatic carbocycles. The van der Waals surface area contributed by atoms with Gasteiger partial charge in [-0.2, -0.15) is 0 Å². The van der Waals surface area contributed by atoms with Crippen molar-refractivity contribution in [3.05, 3.63) is 47.3 Å². The standard InChI is InChI=1S/C26H31ClFN7O/c1-16-11-35-15-19(8-20(27)25(35)31-16)32-26(36)22-9-30-23(10-29-22)34-13-17(14-34)12-33-7-6-21(28)24(33)18-4-2-3-5-18/h8-11,15,17-18,21,24H,2-7,12-14H2,1H3,(H,32,36)/t21-,24?/m0/s1. The third kappa shape index (κ3) is 4.54. The lowest BCUT2D eigenvalue weighted by Gasteiger charge is -2.43. The Kier molecular flexibility index (Phi) is 6.29. The summed E-state index contributed by atoms with van der Waals surface area (Å²) in [5.74, 6) is 1.45. The number of alkyl halides is 1. The summed E-state index contributed by atoms with van der Waals surface area (Å²) in [6.07, 6.45) is 11.6. The molecule has 3 aromatic heterocycles. The van der Waals surface area contributed by atoms with Crippen LogP contribution in [0.2, 0.25) is 5.02 Å². The number of hydrogen-bond acceptors (Lipinski definition) is 6. The molecule has 3 aliphatic rings. The number of rotatable bonds is 6. The lowest BCUT2D eigenvalue weighted by Crippen LogP contribution is -2.53. The van der Waals surface area contributed by atoms with Gasteiger partial charge in [0.05, 0.1) is 28.8 Å². The maximum Gasteiger partial charge on any atom is 0.275 e. The summed E-state index contributed by atoms with van der Waals surface area (Å²) in [5.41, 5.74) is 2.28. The molecule has 1 aliphatic carbocycles. The highest BCUT2D eigenvalue weighted by atomic mass is 35.5. The van der Waals surface area contributed by atoms with Crippen LogP contribution in [0.4, 0.5) is 15.9 Å². The SMILES string of the molecule is Cc1cn2cc(NC(=O)c3cnc(N4CC(CN5CC[C@H](F)C5C5CCCC5)C4)cn3)cc(Cl)c2n1. The van der Waals surface area contributed by atoms with Crippen molar-refractivity contribution in [1.29, 1.82) is 0 Å². The van der Waals surface area contributed by atoms with E-state index < -0.39 is 6.17 Å². The van der Waals surface area contributed by atoms with Crippen LogP contribution in [0.15, 0.2) is 30.9 Å². The quantitative estimate of drug-likeness (QED) is 0.529. The summed E-state index contributed by atoms with van der Waals surface area (Å²) in [7, 11) is 0. The first kappa shape index (κ1) is 23.6. The number of halogens is 2. The second-order valence-corrected chi connectivity index (χ2v) is 10.9. The van der Waals surface area contributed by atoms with Gasteiger partial charge in [-0.25, -0.2) is 19.3 Å². The van der Waals surface area contributed by atoms with E-state index in [1.807, 2.05) is 13.1 Å². The first-order valence-electron chi connectivity index (χ1n) is 12.9. The number of nitrogens with zero attached hydrogens (tertiary/aromatic N) is 6. The third-order valence-electron chi connectivity index (χ3n) is 7.90. The molecule has 1 saturated carbocycles. The highest BCUT2D eigenvalue weighted by Gasteiger charge is 2.42. The van der Waals surface area contributed by atoms with E-state index in [0.29, 0.717) is 34.6 Å². The van der Waals surface area contributed by atoms with Crippen LogP contribution in [0.5, 0.6) is 0 Å². The van der Waals surface area contributed by atoms with E-state index in [9.17, 15) is 9.18 Å². The van der Waals surface area contributed by atoms with Crippen molar-refractivity contribution in [3.63, 3.8) is 0 Å². The first-order valence-corrected chi connectivity index (χ1v) is 13.2. The predicted octanol–water partition coefficient (Wildman–Crippen LogP) is 4.38. The average Bonchev–Trinajstić information content (AvgIpc) is 3.56. The maximum atomic E-state index is 14.6. The fourth-order valence-electron chi connectivity index (χ4n) is 6.19. The van der Waals surface area contributed by atoms with Gasteiger partial charge in [0, 0.05) is 50.5 Å². The number of amides is 1. The van der Waals surface area contributed by atoms with E-state index in [4.69, 9.17) is 11.6 Å². The molecular weight excluding hydrogens is 481 g/mol. The van der Waals surface area contributed by atoms with Gasteiger partial charge in [0.1, 0.15) is 17.7 Å². The zero-order chi connectivity index (χ0) is 24.8. The highest BCUT2D eigenvalue weighted by molar-refractivity contribution is 6.33. The lowest BCUT2D eigenvalue weighted by atomic mass is 9.93. The summed E-state index contributed by atoms with van der Waals surface area (Å²) in [4.78, 5) is 30.5. The second-order valence-electron chi connectivity index (χ2n) is 10.5. The molecule has 190 valence electrons. The molecule has 3 fully saturated rings. The molecule has 1 amide bonds. The number of hydrogen-bond donors (Lipinski definition) is 1. The number of pyridine rings is 1. The summed E-state index contributed by atoms with van der Waals surface area (Å²) < 4.78 is 16.4. The normalized spacial score (nSPS) is 23.5. The van der Waals surface area contributed by atoms with Crippen molar-refractivity contribution in [2.24, 2.45) is 11.8 Å². The fraction of sp³-hybridized carbons (Fsp3) is 0.538. The largest absolute Gasteiger partial charge is 0.355 e. The fourth-order valence-corrected chi connectivity index (χ4v) is 6.45. The van der Waals surface area contributed by atoms with Crippen molar-refractivity contribution in [2.75, 3.05) is 36.4 Å². The molecular formula is C26H31ClFN7O. The van der Waals surface area contributed by atoms with Gasteiger partial charge in [0.25, 0.3) is 5.91 Å². The summed E-state index contributed by atoms with van der Waals surface area (Å²) in [5, 5.41) is 3.29. The number of anilines is 2. The minimum Gasteiger partial charge on any atom is -0.355 e. The Morgan fingerprint density at radius 3 is 2.72 bits per heavy atom. The lowest BCUT2D eigenvalue weighted by molar-refractivity contribution is 0.102. The highest BCUT2D eigenvalue weighted by Crippen LogP contribution is 2.38. The van der Waals surface area contributed by atoms with Crippen LogP contribution in [0.3, 0.4) is 0 Å². The van der Waals surface area contributed by atoms with Gasteiger partial charge in [-0.15, -0.1) is 0 Å². The zero-order valence-electron chi connectivity index (χ0n) is 20.4. The Labute approximate surface area is 214 Å². The van der Waals surface area contributed by atoms with E-state index in [2.05, 4.69) is 30.1 Å². The molecule has 0 spiro atoms. The predicted molar refractivity (Wildman–Crippen MR) is 137 cm³/mol. The van der Waals surface area contributed by atoms with Crippen molar-refractivity contribution in [1.82, 2.24) is 24.3 Å². The van der Waals surface area contributed by atoms with Crippen molar-refractivity contribution >= 4 is 34.7 Å². The second kappa shape index (κ2) is 9.59. The van der Waals surface area contributed by atoms with Gasteiger partial charge < -0.3 is 14.6 Å². The molecule has 2 aliphatic heterocycles. The molecule has 10 heteroatoms. The number of fused-ring (bicyclic) bond motifs is 1. The smallest absolute Gasteiger partial charge is 0.275 e.